The largest absolute Gasteiger partial charge is 0.481 e. The summed E-state index contributed by atoms with van der Waals surface area (Å²) in [6.45, 7) is 2.88. The van der Waals surface area contributed by atoms with Crippen molar-refractivity contribution in [2.75, 3.05) is 25.1 Å². The first-order valence-electron chi connectivity index (χ1n) is 6.53. The van der Waals surface area contributed by atoms with Gasteiger partial charge >= 0.3 is 0 Å². The summed E-state index contributed by atoms with van der Waals surface area (Å²) < 4.78 is 5.15. The number of rotatable bonds is 3. The number of β-amino-alcohol motifs (C(OH)–C–C–N with tert-alkyl or cyclic N) is 1. The first-order valence-corrected chi connectivity index (χ1v) is 6.53. The topological polar surface area (TPSA) is 58.5 Å². The van der Waals surface area contributed by atoms with E-state index in [1.807, 2.05) is 42.2 Å². The molecule has 1 aliphatic rings. The summed E-state index contributed by atoms with van der Waals surface area (Å²) in [4.78, 5) is 10.6. The van der Waals surface area contributed by atoms with Crippen LogP contribution in [0.15, 0.2) is 36.4 Å². The van der Waals surface area contributed by atoms with Gasteiger partial charge in [0.25, 0.3) is 0 Å². The maximum absolute atomic E-state index is 10.6. The highest BCUT2D eigenvalue weighted by molar-refractivity contribution is 5.43. The molecule has 0 bridgehead atoms. The molecule has 5 nitrogen and oxygen atoms in total. The van der Waals surface area contributed by atoms with Gasteiger partial charge in [-0.3, -0.25) is 0 Å². The zero-order valence-electron chi connectivity index (χ0n) is 11.6. The Hall–Kier alpha value is -2.14. The molecule has 0 atom stereocenters. The van der Waals surface area contributed by atoms with E-state index in [1.165, 1.54) is 0 Å². The second-order valence-electron chi connectivity index (χ2n) is 5.11. The van der Waals surface area contributed by atoms with Gasteiger partial charge in [0, 0.05) is 11.8 Å². The fourth-order valence-corrected chi connectivity index (χ4v) is 2.43. The number of hydrogen-bond donors (Lipinski definition) is 1. The molecule has 3 rings (SSSR count). The molecule has 1 aromatic heterocycles. The summed E-state index contributed by atoms with van der Waals surface area (Å²) in [6.07, 6.45) is 0. The number of methoxy groups -OCH3 is 1. The zero-order valence-corrected chi connectivity index (χ0v) is 11.6. The van der Waals surface area contributed by atoms with Crippen molar-refractivity contribution in [1.29, 1.82) is 0 Å². The van der Waals surface area contributed by atoms with E-state index >= 15 is 0 Å². The van der Waals surface area contributed by atoms with Crippen molar-refractivity contribution in [3.05, 3.63) is 47.7 Å². The summed E-state index contributed by atoms with van der Waals surface area (Å²) in [5.74, 6) is 1.14. The molecule has 2 heterocycles. The van der Waals surface area contributed by atoms with Crippen molar-refractivity contribution in [2.45, 2.75) is 12.5 Å². The molecule has 0 aliphatic carbocycles. The van der Waals surface area contributed by atoms with Crippen LogP contribution in [0.4, 0.5) is 5.95 Å². The van der Waals surface area contributed by atoms with Crippen LogP contribution in [0, 0.1) is 6.92 Å². The maximum Gasteiger partial charge on any atom is 0.229 e. The molecule has 0 spiro atoms. The van der Waals surface area contributed by atoms with E-state index in [0.717, 1.165) is 11.3 Å². The second kappa shape index (κ2) is 4.76. The number of benzene rings is 1. The van der Waals surface area contributed by atoms with Crippen molar-refractivity contribution >= 4 is 5.95 Å². The van der Waals surface area contributed by atoms with Gasteiger partial charge in [-0.25, -0.2) is 4.98 Å². The summed E-state index contributed by atoms with van der Waals surface area (Å²) in [7, 11) is 1.59. The fourth-order valence-electron chi connectivity index (χ4n) is 2.43. The molecule has 104 valence electrons. The van der Waals surface area contributed by atoms with Crippen LogP contribution in [-0.2, 0) is 5.60 Å². The van der Waals surface area contributed by atoms with Crippen LogP contribution >= 0.6 is 0 Å². The van der Waals surface area contributed by atoms with Gasteiger partial charge in [0.05, 0.1) is 20.2 Å². The van der Waals surface area contributed by atoms with E-state index in [4.69, 9.17) is 4.74 Å². The summed E-state index contributed by atoms with van der Waals surface area (Å²) in [5, 5.41) is 10.6. The highest BCUT2D eigenvalue weighted by Gasteiger charge is 2.43. The molecule has 1 aromatic carbocycles. The van der Waals surface area contributed by atoms with Crippen molar-refractivity contribution < 1.29 is 9.84 Å². The lowest BCUT2D eigenvalue weighted by Crippen LogP contribution is -2.60. The van der Waals surface area contributed by atoms with Gasteiger partial charge in [0.2, 0.25) is 11.8 Å². The number of nitrogens with zero attached hydrogens (tertiary/aromatic N) is 3. The van der Waals surface area contributed by atoms with Crippen LogP contribution < -0.4 is 9.64 Å². The van der Waals surface area contributed by atoms with Crippen LogP contribution in [0.3, 0.4) is 0 Å². The predicted octanol–water partition coefficient (Wildman–Crippen LogP) is 1.50. The number of ether oxygens (including phenoxy) is 1. The lowest BCUT2D eigenvalue weighted by atomic mass is 9.86. The number of anilines is 1. The van der Waals surface area contributed by atoms with Gasteiger partial charge in [0.15, 0.2) is 0 Å². The highest BCUT2D eigenvalue weighted by atomic mass is 16.5. The fraction of sp³-hybridized carbons (Fsp3) is 0.333. The summed E-state index contributed by atoms with van der Waals surface area (Å²) in [5.41, 5.74) is 0.958. The Bertz CT molecular complexity index is 610. The van der Waals surface area contributed by atoms with E-state index in [-0.39, 0.29) is 0 Å². The first-order chi connectivity index (χ1) is 9.60. The number of aryl methyl sites for hydroxylation is 1. The number of aliphatic hydroxyl groups is 1. The summed E-state index contributed by atoms with van der Waals surface area (Å²) in [6, 6.07) is 11.5. The van der Waals surface area contributed by atoms with Crippen molar-refractivity contribution in [2.24, 2.45) is 0 Å². The Morgan fingerprint density at radius 2 is 1.90 bits per heavy atom. The van der Waals surface area contributed by atoms with Crippen LogP contribution in [0.25, 0.3) is 0 Å². The third kappa shape index (κ3) is 2.20. The molecule has 5 heteroatoms. The monoisotopic (exact) mass is 271 g/mol. The molecule has 0 radical (unpaired) electrons. The maximum atomic E-state index is 10.6. The van der Waals surface area contributed by atoms with E-state index in [1.54, 1.807) is 13.2 Å². The molecule has 1 aliphatic heterocycles. The Kier molecular flexibility index (Phi) is 3.06. The third-order valence-corrected chi connectivity index (χ3v) is 3.53. The van der Waals surface area contributed by atoms with Crippen LogP contribution in [0.1, 0.15) is 11.3 Å². The molecule has 0 saturated carbocycles. The van der Waals surface area contributed by atoms with Crippen molar-refractivity contribution in [3.8, 4) is 5.88 Å². The zero-order chi connectivity index (χ0) is 14.2. The van der Waals surface area contributed by atoms with Gasteiger partial charge in [-0.15, -0.1) is 0 Å². The van der Waals surface area contributed by atoms with Gasteiger partial charge in [0.1, 0.15) is 5.60 Å². The van der Waals surface area contributed by atoms with Crippen molar-refractivity contribution in [1.82, 2.24) is 9.97 Å². The molecule has 1 fully saturated rings. The minimum Gasteiger partial charge on any atom is -0.481 e. The minimum atomic E-state index is -0.818. The first kappa shape index (κ1) is 12.9. The highest BCUT2D eigenvalue weighted by Crippen LogP contribution is 2.34. The van der Waals surface area contributed by atoms with E-state index in [2.05, 4.69) is 9.97 Å². The van der Waals surface area contributed by atoms with Gasteiger partial charge in [-0.2, -0.15) is 4.98 Å². The Morgan fingerprint density at radius 1 is 1.20 bits per heavy atom. The lowest BCUT2D eigenvalue weighted by molar-refractivity contribution is 0.00645. The van der Waals surface area contributed by atoms with E-state index < -0.39 is 5.60 Å². The average Bonchev–Trinajstić information content (AvgIpc) is 2.44. The normalized spacial score (nSPS) is 16.6. The molecule has 1 N–H and O–H groups in total. The molecule has 1 saturated heterocycles. The van der Waals surface area contributed by atoms with Crippen LogP contribution in [0.2, 0.25) is 0 Å². The SMILES string of the molecule is COc1cc(C)nc(N2CC(O)(c3ccccc3)C2)n1. The average molecular weight is 271 g/mol. The van der Waals surface area contributed by atoms with Crippen LogP contribution in [-0.4, -0.2) is 35.3 Å². The Balaban J connectivity index is 1.79. The van der Waals surface area contributed by atoms with Gasteiger partial charge < -0.3 is 14.7 Å². The van der Waals surface area contributed by atoms with E-state index in [0.29, 0.717) is 24.9 Å². The molecule has 0 amide bonds. The minimum absolute atomic E-state index is 0.490. The lowest BCUT2D eigenvalue weighted by Gasteiger charge is -2.46. The predicted molar refractivity (Wildman–Crippen MR) is 75.9 cm³/mol. The number of aromatic nitrogens is 2. The molecule has 20 heavy (non-hydrogen) atoms. The Morgan fingerprint density at radius 3 is 2.55 bits per heavy atom. The van der Waals surface area contributed by atoms with Gasteiger partial charge in [-0.05, 0) is 12.5 Å². The number of hydrogen-bond acceptors (Lipinski definition) is 5. The van der Waals surface area contributed by atoms with Gasteiger partial charge in [-0.1, -0.05) is 30.3 Å². The smallest absolute Gasteiger partial charge is 0.229 e. The second-order valence-corrected chi connectivity index (χ2v) is 5.11. The Labute approximate surface area is 117 Å². The summed E-state index contributed by atoms with van der Waals surface area (Å²) >= 11 is 0. The molecular weight excluding hydrogens is 254 g/mol. The van der Waals surface area contributed by atoms with Crippen LogP contribution in [0.5, 0.6) is 5.88 Å². The molecule has 2 aromatic rings. The standard InChI is InChI=1S/C15H17N3O2/c1-11-8-13(20-2)17-14(16-11)18-9-15(19,10-18)12-6-4-3-5-7-12/h3-8,19H,9-10H2,1-2H3. The van der Waals surface area contributed by atoms with Crippen molar-refractivity contribution in [3.63, 3.8) is 0 Å². The van der Waals surface area contributed by atoms with E-state index in [9.17, 15) is 5.11 Å². The quantitative estimate of drug-likeness (QED) is 0.916. The third-order valence-electron chi connectivity index (χ3n) is 3.53. The molecule has 0 unspecified atom stereocenters. The molecular formula is C15H17N3O2.